The van der Waals surface area contributed by atoms with Gasteiger partial charge in [0.2, 0.25) is 0 Å². The number of hydrogen-bond acceptors (Lipinski definition) is 1. The third-order valence-corrected chi connectivity index (χ3v) is 6.25. The maximum atomic E-state index is 15.3. The van der Waals surface area contributed by atoms with Crippen molar-refractivity contribution < 1.29 is 8.78 Å². The summed E-state index contributed by atoms with van der Waals surface area (Å²) in [6, 6.07) is 25.8. The molecular weight excluding hydrogens is 444 g/mol. The van der Waals surface area contributed by atoms with E-state index in [1.54, 1.807) is 13.0 Å². The predicted molar refractivity (Wildman–Crippen MR) is 122 cm³/mol. The average molecular weight is 470 g/mol. The summed E-state index contributed by atoms with van der Waals surface area (Å²) in [5.74, 6) is -0.0366. The molecule has 1 saturated heterocycles. The number of nitrogens with zero attached hydrogens (tertiary/aromatic N) is 1. The van der Waals surface area contributed by atoms with Crippen LogP contribution in [0.25, 0.3) is 0 Å². The van der Waals surface area contributed by atoms with E-state index in [9.17, 15) is 4.39 Å². The molecule has 1 heterocycles. The summed E-state index contributed by atoms with van der Waals surface area (Å²) < 4.78 is 29.6. The molecule has 1 nitrogen and oxygen atoms in total. The van der Waals surface area contributed by atoms with Crippen LogP contribution in [0.15, 0.2) is 83.3 Å². The molecule has 0 spiro atoms. The van der Waals surface area contributed by atoms with Crippen LogP contribution in [0.2, 0.25) is 0 Å². The van der Waals surface area contributed by atoms with Gasteiger partial charge in [0, 0.05) is 24.0 Å². The molecule has 30 heavy (non-hydrogen) atoms. The fourth-order valence-electron chi connectivity index (χ4n) is 4.65. The lowest BCUT2D eigenvalue weighted by molar-refractivity contribution is 0.0238. The highest BCUT2D eigenvalue weighted by Gasteiger charge is 2.38. The van der Waals surface area contributed by atoms with Crippen molar-refractivity contribution in [1.82, 2.24) is 4.90 Å². The number of likely N-dealkylation sites (tertiary alicyclic amines) is 1. The fourth-order valence-corrected chi connectivity index (χ4v) is 5.16. The van der Waals surface area contributed by atoms with E-state index in [4.69, 9.17) is 0 Å². The Morgan fingerprint density at radius 3 is 2.07 bits per heavy atom. The molecule has 1 atom stereocenters. The van der Waals surface area contributed by atoms with Crippen LogP contribution < -0.4 is 0 Å². The molecule has 1 aliphatic rings. The van der Waals surface area contributed by atoms with Crippen LogP contribution >= 0.6 is 15.9 Å². The maximum Gasteiger partial charge on any atom is 0.124 e. The van der Waals surface area contributed by atoms with E-state index < -0.39 is 5.67 Å². The largest absolute Gasteiger partial charge is 0.292 e. The van der Waals surface area contributed by atoms with Crippen LogP contribution in [0.1, 0.15) is 36.1 Å². The van der Waals surface area contributed by atoms with Gasteiger partial charge < -0.3 is 0 Å². The number of alkyl halides is 1. The highest BCUT2D eigenvalue weighted by Crippen LogP contribution is 2.38. The third-order valence-electron chi connectivity index (χ3n) is 5.79. The van der Waals surface area contributed by atoms with E-state index >= 15 is 4.39 Å². The lowest BCUT2D eigenvalue weighted by Crippen LogP contribution is -2.50. The van der Waals surface area contributed by atoms with Gasteiger partial charge in [0.05, 0.1) is 6.04 Å². The van der Waals surface area contributed by atoms with Crippen LogP contribution in [0, 0.1) is 11.7 Å². The molecule has 3 aromatic carbocycles. The lowest BCUT2D eigenvalue weighted by Gasteiger charge is -2.46. The Kier molecular flexibility index (Phi) is 6.35. The molecule has 4 rings (SSSR count). The van der Waals surface area contributed by atoms with Crippen LogP contribution in [-0.4, -0.2) is 23.7 Å². The summed E-state index contributed by atoms with van der Waals surface area (Å²) in [6.45, 7) is 3.36. The van der Waals surface area contributed by atoms with Crippen molar-refractivity contribution in [2.45, 2.75) is 31.5 Å². The second-order valence-electron chi connectivity index (χ2n) is 8.62. The van der Waals surface area contributed by atoms with Gasteiger partial charge in [0.1, 0.15) is 11.5 Å². The van der Waals surface area contributed by atoms with Crippen LogP contribution in [0.3, 0.4) is 0 Å². The zero-order chi connectivity index (χ0) is 21.1. The van der Waals surface area contributed by atoms with Crippen LogP contribution in [-0.2, 0) is 6.42 Å². The molecule has 1 aliphatic heterocycles. The van der Waals surface area contributed by atoms with Crippen molar-refractivity contribution in [2.24, 2.45) is 5.92 Å². The lowest BCUT2D eigenvalue weighted by atomic mass is 9.82. The van der Waals surface area contributed by atoms with Gasteiger partial charge in [-0.3, -0.25) is 4.90 Å². The number of halogens is 3. The van der Waals surface area contributed by atoms with Crippen LogP contribution in [0.5, 0.6) is 0 Å². The fraction of sp³-hybridized carbons (Fsp3) is 0.308. The third kappa shape index (κ3) is 5.16. The number of benzene rings is 3. The minimum absolute atomic E-state index is 0.189. The summed E-state index contributed by atoms with van der Waals surface area (Å²) >= 11 is 3.30. The average Bonchev–Trinajstić information content (AvgIpc) is 2.66. The van der Waals surface area contributed by atoms with Crippen LogP contribution in [0.4, 0.5) is 8.78 Å². The Morgan fingerprint density at radius 1 is 0.967 bits per heavy atom. The van der Waals surface area contributed by atoms with E-state index in [-0.39, 0.29) is 18.3 Å². The molecule has 0 radical (unpaired) electrons. The minimum Gasteiger partial charge on any atom is -0.292 e. The van der Waals surface area contributed by atoms with Gasteiger partial charge in [0.15, 0.2) is 0 Å². The predicted octanol–water partition coefficient (Wildman–Crippen LogP) is 6.97. The monoisotopic (exact) mass is 469 g/mol. The highest BCUT2D eigenvalue weighted by molar-refractivity contribution is 9.10. The summed E-state index contributed by atoms with van der Waals surface area (Å²) in [5, 5.41) is 0. The minimum atomic E-state index is -1.36. The molecule has 0 unspecified atom stereocenters. The number of rotatable bonds is 7. The SMILES string of the molecule is C[C@@](F)(Cc1cc(F)cc(Br)c1)CC1CN(C(c2ccccc2)c2ccccc2)C1. The maximum absolute atomic E-state index is 15.3. The second kappa shape index (κ2) is 8.99. The molecule has 0 saturated carbocycles. The van der Waals surface area contributed by atoms with Gasteiger partial charge in [-0.05, 0) is 54.2 Å². The molecule has 0 aliphatic carbocycles. The van der Waals surface area contributed by atoms with E-state index in [0.717, 1.165) is 13.1 Å². The second-order valence-corrected chi connectivity index (χ2v) is 9.53. The molecule has 0 aromatic heterocycles. The number of hydrogen-bond donors (Lipinski definition) is 0. The summed E-state index contributed by atoms with van der Waals surface area (Å²) in [4.78, 5) is 2.42. The van der Waals surface area contributed by atoms with E-state index in [0.29, 0.717) is 22.4 Å². The van der Waals surface area contributed by atoms with Crippen molar-refractivity contribution in [1.29, 1.82) is 0 Å². The summed E-state index contributed by atoms with van der Waals surface area (Å²) in [7, 11) is 0. The van der Waals surface area contributed by atoms with Gasteiger partial charge in [-0.25, -0.2) is 8.78 Å². The normalized spacial score (nSPS) is 17.0. The highest BCUT2D eigenvalue weighted by atomic mass is 79.9. The summed E-state index contributed by atoms with van der Waals surface area (Å²) in [6.07, 6.45) is 0.703. The van der Waals surface area contributed by atoms with Crippen molar-refractivity contribution in [3.05, 3.63) is 106 Å². The first kappa shape index (κ1) is 21.2. The molecule has 0 bridgehead atoms. The quantitative estimate of drug-likeness (QED) is 0.361. The Balaban J connectivity index is 1.42. The van der Waals surface area contributed by atoms with Gasteiger partial charge >= 0.3 is 0 Å². The molecule has 4 heteroatoms. The first-order valence-corrected chi connectivity index (χ1v) is 11.2. The van der Waals surface area contributed by atoms with E-state index in [1.165, 1.54) is 23.3 Å². The Morgan fingerprint density at radius 2 is 1.53 bits per heavy atom. The standard InChI is InChI=1S/C26H26BrF2N/c1-26(29,15-19-12-23(27)14-24(28)13-19)16-20-17-30(18-20)25(21-8-4-2-5-9-21)22-10-6-3-7-11-22/h2-14,20,25H,15-18H2,1H3/t26-/m1/s1. The van der Waals surface area contributed by atoms with Crippen molar-refractivity contribution >= 4 is 15.9 Å². The summed E-state index contributed by atoms with van der Waals surface area (Å²) in [5.41, 5.74) is 1.85. The van der Waals surface area contributed by atoms with Crippen molar-refractivity contribution in [2.75, 3.05) is 13.1 Å². The van der Waals surface area contributed by atoms with Gasteiger partial charge in [-0.2, -0.15) is 0 Å². The molecule has 3 aromatic rings. The first-order valence-electron chi connectivity index (χ1n) is 10.4. The molecule has 1 fully saturated rings. The van der Waals surface area contributed by atoms with Crippen molar-refractivity contribution in [3.63, 3.8) is 0 Å². The Bertz CT molecular complexity index is 909. The zero-order valence-corrected chi connectivity index (χ0v) is 18.7. The Hall–Kier alpha value is -2.04. The van der Waals surface area contributed by atoms with Gasteiger partial charge in [-0.15, -0.1) is 0 Å². The molecule has 0 amide bonds. The zero-order valence-electron chi connectivity index (χ0n) is 17.1. The molecule has 0 N–H and O–H groups in total. The smallest absolute Gasteiger partial charge is 0.124 e. The van der Waals surface area contributed by atoms with Crippen molar-refractivity contribution in [3.8, 4) is 0 Å². The Labute approximate surface area is 185 Å². The molecular formula is C26H26BrF2N. The topological polar surface area (TPSA) is 3.24 Å². The van der Waals surface area contributed by atoms with Gasteiger partial charge in [0.25, 0.3) is 0 Å². The van der Waals surface area contributed by atoms with E-state index in [2.05, 4.69) is 69.4 Å². The van der Waals surface area contributed by atoms with Gasteiger partial charge in [-0.1, -0.05) is 76.6 Å². The van der Waals surface area contributed by atoms with E-state index in [1.807, 2.05) is 12.1 Å². The molecule has 156 valence electrons. The first-order chi connectivity index (χ1) is 14.4.